The van der Waals surface area contributed by atoms with Gasteiger partial charge in [0.15, 0.2) is 0 Å². The molecule has 1 nitrogen and oxygen atoms in total. The summed E-state index contributed by atoms with van der Waals surface area (Å²) >= 11 is 0. The molecule has 0 atom stereocenters. The number of ether oxygens (including phenoxy) is 1. The Labute approximate surface area is 97.1 Å². The fraction of sp³-hybridized carbons (Fsp3) is 0.0667. The molecule has 0 aliphatic heterocycles. The summed E-state index contributed by atoms with van der Waals surface area (Å²) < 4.78 is 5.62. The molecule has 0 aromatic heterocycles. The predicted molar refractivity (Wildman–Crippen MR) is 69.6 cm³/mol. The Bertz CT molecular complexity index is 385. The summed E-state index contributed by atoms with van der Waals surface area (Å²) in [7, 11) is 0. The second-order valence-corrected chi connectivity index (χ2v) is 3.17. The van der Waals surface area contributed by atoms with E-state index >= 15 is 0 Å². The highest BCUT2D eigenvalue weighted by Gasteiger charge is 1.93. The molecule has 0 aliphatic carbocycles. The normalized spacial score (nSPS) is 11.4. The van der Waals surface area contributed by atoms with Crippen molar-refractivity contribution in [3.8, 4) is 5.75 Å². The number of benzene rings is 1. The van der Waals surface area contributed by atoms with Gasteiger partial charge in [-0.25, -0.2) is 0 Å². The van der Waals surface area contributed by atoms with Crippen LogP contribution in [0.3, 0.4) is 0 Å². The summed E-state index contributed by atoms with van der Waals surface area (Å²) in [5.41, 5.74) is 1.05. The third-order valence-corrected chi connectivity index (χ3v) is 1.93. The van der Waals surface area contributed by atoms with Gasteiger partial charge in [-0.3, -0.25) is 0 Å². The molecule has 1 rings (SSSR count). The molecule has 0 N–H and O–H groups in total. The van der Waals surface area contributed by atoms with Gasteiger partial charge in [-0.05, 0) is 17.7 Å². The summed E-state index contributed by atoms with van der Waals surface area (Å²) in [6, 6.07) is 9.73. The van der Waals surface area contributed by atoms with Crippen LogP contribution in [0.1, 0.15) is 0 Å². The van der Waals surface area contributed by atoms with E-state index in [1.165, 1.54) is 0 Å². The number of allylic oxidation sites excluding steroid dienone is 4. The van der Waals surface area contributed by atoms with Gasteiger partial charge in [0.05, 0.1) is 0 Å². The Hall–Kier alpha value is -2.02. The molecule has 0 fully saturated rings. The SMILES string of the molecule is C=C/C=C\C(=C/C=C)COc1ccccc1. The van der Waals surface area contributed by atoms with Crippen molar-refractivity contribution in [3.63, 3.8) is 0 Å². The van der Waals surface area contributed by atoms with E-state index in [4.69, 9.17) is 4.74 Å². The fourth-order valence-electron chi connectivity index (χ4n) is 1.18. The second-order valence-electron chi connectivity index (χ2n) is 3.17. The number of para-hydroxylation sites is 1. The zero-order chi connectivity index (χ0) is 11.6. The van der Waals surface area contributed by atoms with Crippen LogP contribution in [0.4, 0.5) is 0 Å². The zero-order valence-electron chi connectivity index (χ0n) is 9.30. The first-order chi connectivity index (χ1) is 7.86. The highest BCUT2D eigenvalue weighted by atomic mass is 16.5. The van der Waals surface area contributed by atoms with E-state index in [0.717, 1.165) is 11.3 Å². The van der Waals surface area contributed by atoms with Gasteiger partial charge in [-0.15, -0.1) is 0 Å². The molecule has 0 spiro atoms. The average Bonchev–Trinajstić information content (AvgIpc) is 2.34. The molecule has 1 aromatic carbocycles. The topological polar surface area (TPSA) is 9.23 Å². The van der Waals surface area contributed by atoms with Gasteiger partial charge in [0, 0.05) is 0 Å². The lowest BCUT2D eigenvalue weighted by atomic mass is 10.2. The average molecular weight is 212 g/mol. The largest absolute Gasteiger partial charge is 0.489 e. The Morgan fingerprint density at radius 1 is 1.12 bits per heavy atom. The quantitative estimate of drug-likeness (QED) is 0.649. The van der Waals surface area contributed by atoms with Gasteiger partial charge < -0.3 is 4.74 Å². The lowest BCUT2D eigenvalue weighted by Gasteiger charge is -2.05. The van der Waals surface area contributed by atoms with Crippen LogP contribution in [0.5, 0.6) is 5.75 Å². The van der Waals surface area contributed by atoms with Crippen LogP contribution in [-0.2, 0) is 0 Å². The van der Waals surface area contributed by atoms with Crippen molar-refractivity contribution in [1.82, 2.24) is 0 Å². The Kier molecular flexibility index (Phi) is 5.49. The number of rotatable bonds is 6. The molecule has 0 saturated heterocycles. The van der Waals surface area contributed by atoms with Crippen molar-refractivity contribution in [3.05, 3.63) is 79.4 Å². The third kappa shape index (κ3) is 4.47. The first-order valence-corrected chi connectivity index (χ1v) is 5.15. The van der Waals surface area contributed by atoms with E-state index in [1.54, 1.807) is 12.2 Å². The van der Waals surface area contributed by atoms with E-state index in [0.29, 0.717) is 6.61 Å². The predicted octanol–water partition coefficient (Wildman–Crippen LogP) is 3.92. The Balaban J connectivity index is 2.57. The summed E-state index contributed by atoms with van der Waals surface area (Å²) in [5, 5.41) is 0. The van der Waals surface area contributed by atoms with Crippen molar-refractivity contribution < 1.29 is 4.74 Å². The highest BCUT2D eigenvalue weighted by molar-refractivity contribution is 5.28. The van der Waals surface area contributed by atoms with Gasteiger partial charge >= 0.3 is 0 Å². The van der Waals surface area contributed by atoms with Crippen LogP contribution in [0.15, 0.2) is 79.4 Å². The minimum absolute atomic E-state index is 0.528. The molecule has 0 aliphatic rings. The fourth-order valence-corrected chi connectivity index (χ4v) is 1.18. The lowest BCUT2D eigenvalue weighted by molar-refractivity contribution is 0.355. The first-order valence-electron chi connectivity index (χ1n) is 5.15. The molecule has 16 heavy (non-hydrogen) atoms. The second kappa shape index (κ2) is 7.30. The van der Waals surface area contributed by atoms with Crippen molar-refractivity contribution in [2.24, 2.45) is 0 Å². The number of hydrogen-bond donors (Lipinski definition) is 0. The van der Waals surface area contributed by atoms with Crippen LogP contribution in [0.2, 0.25) is 0 Å². The van der Waals surface area contributed by atoms with E-state index in [2.05, 4.69) is 13.2 Å². The third-order valence-electron chi connectivity index (χ3n) is 1.93. The molecule has 0 saturated carbocycles. The van der Waals surface area contributed by atoms with E-state index in [-0.39, 0.29) is 0 Å². The summed E-state index contributed by atoms with van der Waals surface area (Å²) in [5.74, 6) is 0.865. The Morgan fingerprint density at radius 3 is 2.50 bits per heavy atom. The molecule has 0 heterocycles. The molecular formula is C15H16O. The van der Waals surface area contributed by atoms with E-state index in [1.807, 2.05) is 48.6 Å². The molecule has 0 amide bonds. The van der Waals surface area contributed by atoms with Crippen LogP contribution in [0, 0.1) is 0 Å². The summed E-state index contributed by atoms with van der Waals surface area (Å²) in [4.78, 5) is 0. The van der Waals surface area contributed by atoms with Crippen LogP contribution >= 0.6 is 0 Å². The Morgan fingerprint density at radius 2 is 1.88 bits per heavy atom. The van der Waals surface area contributed by atoms with E-state index in [9.17, 15) is 0 Å². The first kappa shape index (κ1) is 12.1. The van der Waals surface area contributed by atoms with Gasteiger partial charge in [0.25, 0.3) is 0 Å². The van der Waals surface area contributed by atoms with Crippen molar-refractivity contribution >= 4 is 0 Å². The molecule has 82 valence electrons. The maximum absolute atomic E-state index is 5.62. The minimum Gasteiger partial charge on any atom is -0.489 e. The number of hydrogen-bond acceptors (Lipinski definition) is 1. The van der Waals surface area contributed by atoms with Crippen molar-refractivity contribution in [2.45, 2.75) is 0 Å². The van der Waals surface area contributed by atoms with E-state index < -0.39 is 0 Å². The smallest absolute Gasteiger partial charge is 0.119 e. The van der Waals surface area contributed by atoms with Gasteiger partial charge in [0.2, 0.25) is 0 Å². The summed E-state index contributed by atoms with van der Waals surface area (Å²) in [6.07, 6.45) is 9.24. The monoisotopic (exact) mass is 212 g/mol. The maximum atomic E-state index is 5.62. The molecular weight excluding hydrogens is 196 g/mol. The summed E-state index contributed by atoms with van der Waals surface area (Å²) in [6.45, 7) is 7.83. The highest BCUT2D eigenvalue weighted by Crippen LogP contribution is 2.10. The van der Waals surface area contributed by atoms with Crippen LogP contribution < -0.4 is 4.74 Å². The molecule has 1 heteroatoms. The molecule has 0 unspecified atom stereocenters. The molecule has 0 bridgehead atoms. The molecule has 1 aromatic rings. The van der Waals surface area contributed by atoms with Crippen molar-refractivity contribution in [2.75, 3.05) is 6.61 Å². The minimum atomic E-state index is 0.528. The lowest BCUT2D eigenvalue weighted by Crippen LogP contribution is -1.99. The van der Waals surface area contributed by atoms with Gasteiger partial charge in [0.1, 0.15) is 12.4 Å². The zero-order valence-corrected chi connectivity index (χ0v) is 9.30. The molecule has 0 radical (unpaired) electrons. The van der Waals surface area contributed by atoms with Gasteiger partial charge in [-0.1, -0.05) is 61.7 Å². The standard InChI is InChI=1S/C15H16O/c1-3-5-10-14(9-4-2)13-16-15-11-7-6-8-12-15/h3-12H,1-2,13H2/b10-5-,14-9+. The van der Waals surface area contributed by atoms with Crippen molar-refractivity contribution in [1.29, 1.82) is 0 Å². The maximum Gasteiger partial charge on any atom is 0.119 e. The van der Waals surface area contributed by atoms with Gasteiger partial charge in [-0.2, -0.15) is 0 Å². The van der Waals surface area contributed by atoms with Crippen LogP contribution in [0.25, 0.3) is 0 Å². The van der Waals surface area contributed by atoms with Crippen LogP contribution in [-0.4, -0.2) is 6.61 Å².